The van der Waals surface area contributed by atoms with Gasteiger partial charge in [0.05, 0.1) is 26.9 Å². The molecule has 0 aromatic heterocycles. The third-order valence-electron chi connectivity index (χ3n) is 7.43. The number of carboxylic acid groups (broad SMARTS) is 1. The number of hydrogen-bond acceptors (Lipinski definition) is 13. The SMILES string of the molecule is Nc1ccc2c(-c3cc(C(=O)Oc4c(F)c(F)cc(F)c4F)ccc3C(=O)O)c3ccc(=[NH2+])c(S(=O)(=O)[O-])c-3oc2c1S(=O)(=O)NCCCS(=O)(=O)[O-]. The first-order chi connectivity index (χ1) is 24.5. The van der Waals surface area contributed by atoms with Gasteiger partial charge >= 0.3 is 11.9 Å². The van der Waals surface area contributed by atoms with E-state index in [9.17, 15) is 66.6 Å². The molecule has 0 fully saturated rings. The second-order valence-electron chi connectivity index (χ2n) is 10.9. The predicted molar refractivity (Wildman–Crippen MR) is 168 cm³/mol. The van der Waals surface area contributed by atoms with E-state index < -0.39 is 150 Å². The monoisotopic (exact) mass is 802 g/mol. The Morgan fingerprint density at radius 2 is 1.53 bits per heavy atom. The van der Waals surface area contributed by atoms with Gasteiger partial charge in [0.25, 0.3) is 0 Å². The molecule has 0 saturated heterocycles. The van der Waals surface area contributed by atoms with Gasteiger partial charge in [0.15, 0.2) is 27.9 Å². The van der Waals surface area contributed by atoms with Crippen LogP contribution in [0.5, 0.6) is 5.75 Å². The molecule has 0 unspecified atom stereocenters. The topological polar surface area (TPSA) is 289 Å². The highest BCUT2D eigenvalue weighted by atomic mass is 32.2. The van der Waals surface area contributed by atoms with Crippen LogP contribution in [-0.4, -0.2) is 63.7 Å². The number of carboxylic acids is 1. The normalized spacial score (nSPS) is 12.3. The number of nitrogen functional groups attached to an aromatic ring is 1. The quantitative estimate of drug-likeness (QED) is 0.0212. The van der Waals surface area contributed by atoms with E-state index in [0.717, 1.165) is 42.5 Å². The molecule has 2 aliphatic rings. The Labute approximate surface area is 294 Å². The van der Waals surface area contributed by atoms with Crippen LogP contribution in [0.2, 0.25) is 0 Å². The van der Waals surface area contributed by atoms with Crippen LogP contribution in [0.3, 0.4) is 0 Å². The van der Waals surface area contributed by atoms with Gasteiger partial charge in [-0.1, -0.05) is 0 Å². The minimum absolute atomic E-state index is 0.157. The predicted octanol–water partition coefficient (Wildman–Crippen LogP) is 1.04. The number of nitrogens with one attached hydrogen (secondary N) is 1. The van der Waals surface area contributed by atoms with E-state index >= 15 is 0 Å². The van der Waals surface area contributed by atoms with Crippen LogP contribution < -0.4 is 26.0 Å². The number of benzene rings is 4. The Morgan fingerprint density at radius 1 is 0.887 bits per heavy atom. The molecule has 0 saturated carbocycles. The number of esters is 1. The third-order valence-corrected chi connectivity index (χ3v) is 10.7. The molecule has 6 N–H and O–H groups in total. The van der Waals surface area contributed by atoms with Crippen molar-refractivity contribution in [1.29, 1.82) is 0 Å². The molecule has 23 heteroatoms. The maximum Gasteiger partial charge on any atom is 0.343 e. The summed E-state index contributed by atoms with van der Waals surface area (Å²) >= 11 is 0. The lowest BCUT2D eigenvalue weighted by Crippen LogP contribution is -2.47. The first-order valence-corrected chi connectivity index (χ1v) is 18.7. The minimum Gasteiger partial charge on any atom is -0.748 e. The summed E-state index contributed by atoms with van der Waals surface area (Å²) in [5, 5.41) is 14.8. The molecule has 3 aromatic rings. The summed E-state index contributed by atoms with van der Waals surface area (Å²) in [6.45, 7) is -0.656. The fourth-order valence-electron chi connectivity index (χ4n) is 5.21. The molecule has 1 heterocycles. The summed E-state index contributed by atoms with van der Waals surface area (Å²) in [6.07, 6.45) is -0.517. The van der Waals surface area contributed by atoms with Gasteiger partial charge < -0.3 is 29.1 Å². The van der Waals surface area contributed by atoms with Gasteiger partial charge in [0.1, 0.15) is 15.0 Å². The van der Waals surface area contributed by atoms with Gasteiger partial charge in [0.2, 0.25) is 32.8 Å². The lowest BCUT2D eigenvalue weighted by Gasteiger charge is -2.21. The van der Waals surface area contributed by atoms with E-state index in [2.05, 4.69) is 4.74 Å². The molecule has 5 rings (SSSR count). The van der Waals surface area contributed by atoms with E-state index in [0.29, 0.717) is 0 Å². The number of halogens is 4. The molecule has 0 radical (unpaired) electrons. The van der Waals surface area contributed by atoms with Gasteiger partial charge in [-0.15, -0.1) is 0 Å². The summed E-state index contributed by atoms with van der Waals surface area (Å²) < 4.78 is 166. The summed E-state index contributed by atoms with van der Waals surface area (Å²) in [4.78, 5) is 23.4. The number of fused-ring (bicyclic) bond motifs is 2. The average molecular weight is 803 g/mol. The van der Waals surface area contributed by atoms with Crippen molar-refractivity contribution >= 4 is 58.9 Å². The number of aromatic carboxylic acids is 1. The zero-order valence-corrected chi connectivity index (χ0v) is 28.4. The molecular weight excluding hydrogens is 783 g/mol. The van der Waals surface area contributed by atoms with Crippen molar-refractivity contribution in [3.05, 3.63) is 88.3 Å². The highest BCUT2D eigenvalue weighted by Crippen LogP contribution is 2.46. The number of carbonyl (C=O) groups is 2. The van der Waals surface area contributed by atoms with Crippen molar-refractivity contribution in [1.82, 2.24) is 4.72 Å². The van der Waals surface area contributed by atoms with Gasteiger partial charge in [-0.2, -0.15) is 8.78 Å². The van der Waals surface area contributed by atoms with E-state index in [4.69, 9.17) is 15.6 Å². The van der Waals surface area contributed by atoms with Gasteiger partial charge in [-0.25, -0.2) is 48.3 Å². The largest absolute Gasteiger partial charge is 0.748 e. The van der Waals surface area contributed by atoms with Crippen molar-refractivity contribution in [3.63, 3.8) is 0 Å². The fourth-order valence-corrected chi connectivity index (χ4v) is 7.77. The Hall–Kier alpha value is -5.46. The second-order valence-corrected chi connectivity index (χ2v) is 15.5. The average Bonchev–Trinajstić information content (AvgIpc) is 3.05. The van der Waals surface area contributed by atoms with Crippen LogP contribution in [0.4, 0.5) is 23.2 Å². The number of carbonyl (C=O) groups excluding carboxylic acids is 1. The standard InChI is InChI=1S/C30H21F4N3O13S3/c31-17-11-18(32)23(34)26(22(17)33)50-30(40)12-2-3-13(29(38)39)16(10-12)21-14-4-6-19(35)27(52(44,45)37-8-1-9-51(41,42)43)24(14)49-25-15(21)5-7-20(36)28(25)53(46,47)48/h2-7,10-11,36-37H,1,8-9,35H2,(H,38,39)(H,41,42,43)(H,46,47,48)/p-1. The van der Waals surface area contributed by atoms with Crippen molar-refractivity contribution in [3.8, 4) is 28.2 Å². The molecule has 1 aliphatic carbocycles. The lowest BCUT2D eigenvalue weighted by atomic mass is 9.89. The van der Waals surface area contributed by atoms with Gasteiger partial charge in [0, 0.05) is 40.9 Å². The molecule has 16 nitrogen and oxygen atoms in total. The highest BCUT2D eigenvalue weighted by Gasteiger charge is 2.32. The van der Waals surface area contributed by atoms with Crippen LogP contribution in [0.1, 0.15) is 27.1 Å². The zero-order valence-electron chi connectivity index (χ0n) is 26.0. The fraction of sp³-hybridized carbons (Fsp3) is 0.100. The molecular formula is C30H20F4N3O13S3-. The first-order valence-electron chi connectivity index (χ1n) is 14.3. The smallest absolute Gasteiger partial charge is 0.343 e. The number of hydrogen-bond donors (Lipinski definition) is 4. The molecule has 53 heavy (non-hydrogen) atoms. The van der Waals surface area contributed by atoms with E-state index in [1.54, 1.807) is 0 Å². The summed E-state index contributed by atoms with van der Waals surface area (Å²) in [5.74, 6) is -15.2. The Morgan fingerprint density at radius 3 is 2.11 bits per heavy atom. The molecule has 280 valence electrons. The second kappa shape index (κ2) is 13.8. The molecule has 3 aromatic carbocycles. The number of sulfonamides is 1. The van der Waals surface area contributed by atoms with Crippen LogP contribution in [0.15, 0.2) is 62.7 Å². The molecule has 0 spiro atoms. The Balaban J connectivity index is 1.85. The van der Waals surface area contributed by atoms with Gasteiger partial charge in [-0.05, 0) is 48.4 Å². The van der Waals surface area contributed by atoms with Gasteiger partial charge in [-0.3, -0.25) is 5.41 Å². The summed E-state index contributed by atoms with van der Waals surface area (Å²) in [5.41, 5.74) is 1.66. The number of anilines is 1. The number of rotatable bonds is 11. The van der Waals surface area contributed by atoms with E-state index in [1.807, 2.05) is 4.72 Å². The van der Waals surface area contributed by atoms with E-state index in [1.165, 1.54) is 0 Å². The third kappa shape index (κ3) is 7.56. The summed E-state index contributed by atoms with van der Waals surface area (Å²) in [7, 11) is -15.3. The molecule has 1 aliphatic heterocycles. The number of nitrogens with two attached hydrogens (primary N) is 2. The zero-order chi connectivity index (χ0) is 39.4. The van der Waals surface area contributed by atoms with Crippen LogP contribution in [0.25, 0.3) is 33.4 Å². The van der Waals surface area contributed by atoms with Crippen molar-refractivity contribution in [2.45, 2.75) is 16.2 Å². The summed E-state index contributed by atoms with van der Waals surface area (Å²) in [6, 6.07) is 6.10. The van der Waals surface area contributed by atoms with Crippen molar-refractivity contribution < 1.29 is 81.2 Å². The molecule has 0 amide bonds. The van der Waals surface area contributed by atoms with Crippen LogP contribution in [-0.2, 0) is 30.3 Å². The lowest BCUT2D eigenvalue weighted by molar-refractivity contribution is -0.176. The maximum atomic E-state index is 14.3. The molecule has 0 atom stereocenters. The van der Waals surface area contributed by atoms with Crippen LogP contribution >= 0.6 is 0 Å². The minimum atomic E-state index is -5.59. The van der Waals surface area contributed by atoms with Crippen molar-refractivity contribution in [2.24, 2.45) is 0 Å². The molecule has 0 bridgehead atoms. The first kappa shape index (κ1) is 38.8. The maximum absolute atomic E-state index is 14.3. The Bertz CT molecular complexity index is 2730. The van der Waals surface area contributed by atoms with Crippen molar-refractivity contribution in [2.75, 3.05) is 18.0 Å². The Kier molecular flexibility index (Phi) is 10.1. The van der Waals surface area contributed by atoms with Crippen LogP contribution in [0, 0.1) is 23.3 Å². The number of ether oxygens (including phenoxy) is 1. The van der Waals surface area contributed by atoms with E-state index in [-0.39, 0.29) is 11.5 Å². The highest BCUT2D eigenvalue weighted by molar-refractivity contribution is 7.90.